The van der Waals surface area contributed by atoms with Crippen LogP contribution in [0.3, 0.4) is 0 Å². The molecule has 1 fully saturated rings. The van der Waals surface area contributed by atoms with Gasteiger partial charge in [0.25, 0.3) is 5.56 Å². The summed E-state index contributed by atoms with van der Waals surface area (Å²) in [6, 6.07) is -0.0630. The predicted octanol–water partition coefficient (Wildman–Crippen LogP) is 0.494. The molecule has 17 heavy (non-hydrogen) atoms. The Bertz CT molecular complexity index is 432. The van der Waals surface area contributed by atoms with Gasteiger partial charge in [-0.3, -0.25) is 4.79 Å². The number of hydrogen-bond donors (Lipinski definition) is 3. The van der Waals surface area contributed by atoms with Gasteiger partial charge in [-0.05, 0) is 12.8 Å². The SMILES string of the molecule is COc1c(NC2CCCCC2O)nc[nH]c1=O. The molecule has 0 saturated heterocycles. The van der Waals surface area contributed by atoms with Gasteiger partial charge in [-0.1, -0.05) is 12.8 Å². The van der Waals surface area contributed by atoms with E-state index in [1.807, 2.05) is 0 Å². The first-order chi connectivity index (χ1) is 8.22. The van der Waals surface area contributed by atoms with Gasteiger partial charge in [0.1, 0.15) is 0 Å². The first kappa shape index (κ1) is 11.9. The molecule has 2 unspecified atom stereocenters. The van der Waals surface area contributed by atoms with E-state index in [4.69, 9.17) is 4.74 Å². The minimum absolute atomic E-state index is 0.0630. The summed E-state index contributed by atoms with van der Waals surface area (Å²) < 4.78 is 5.00. The smallest absolute Gasteiger partial charge is 0.295 e. The summed E-state index contributed by atoms with van der Waals surface area (Å²) in [5.74, 6) is 0.549. The van der Waals surface area contributed by atoms with Crippen LogP contribution in [-0.2, 0) is 0 Å². The zero-order valence-electron chi connectivity index (χ0n) is 9.77. The number of ether oxygens (including phenoxy) is 1. The second-order valence-electron chi connectivity index (χ2n) is 4.22. The minimum Gasteiger partial charge on any atom is -0.489 e. The third-order valence-electron chi connectivity index (χ3n) is 3.07. The van der Waals surface area contributed by atoms with E-state index in [0.29, 0.717) is 5.82 Å². The van der Waals surface area contributed by atoms with E-state index >= 15 is 0 Å². The van der Waals surface area contributed by atoms with Crippen molar-refractivity contribution in [1.29, 1.82) is 0 Å². The summed E-state index contributed by atoms with van der Waals surface area (Å²) in [5, 5.41) is 12.9. The van der Waals surface area contributed by atoms with Crippen LogP contribution in [0.5, 0.6) is 5.75 Å². The Morgan fingerprint density at radius 2 is 2.29 bits per heavy atom. The Kier molecular flexibility index (Phi) is 3.63. The minimum atomic E-state index is -0.394. The number of aliphatic hydroxyl groups is 1. The molecular weight excluding hydrogens is 222 g/mol. The Balaban J connectivity index is 2.17. The van der Waals surface area contributed by atoms with E-state index in [1.165, 1.54) is 13.4 Å². The normalized spacial score (nSPS) is 24.4. The van der Waals surface area contributed by atoms with Crippen LogP contribution in [-0.4, -0.2) is 34.3 Å². The number of aromatic amines is 1. The molecule has 0 spiro atoms. The van der Waals surface area contributed by atoms with Crippen LogP contribution in [0.25, 0.3) is 0 Å². The second-order valence-corrected chi connectivity index (χ2v) is 4.22. The Morgan fingerprint density at radius 3 is 3.00 bits per heavy atom. The molecule has 6 heteroatoms. The van der Waals surface area contributed by atoms with Crippen LogP contribution in [0.4, 0.5) is 5.82 Å². The number of aliphatic hydroxyl groups excluding tert-OH is 1. The van der Waals surface area contributed by atoms with Crippen molar-refractivity contribution in [2.24, 2.45) is 0 Å². The van der Waals surface area contributed by atoms with Crippen molar-refractivity contribution in [3.8, 4) is 5.75 Å². The molecular formula is C11H17N3O3. The fourth-order valence-electron chi connectivity index (χ4n) is 2.13. The molecule has 94 valence electrons. The molecule has 0 aromatic carbocycles. The number of H-pyrrole nitrogens is 1. The Hall–Kier alpha value is -1.56. The van der Waals surface area contributed by atoms with Crippen molar-refractivity contribution in [2.75, 3.05) is 12.4 Å². The second kappa shape index (κ2) is 5.18. The zero-order valence-corrected chi connectivity index (χ0v) is 9.77. The van der Waals surface area contributed by atoms with Gasteiger partial charge in [-0.15, -0.1) is 0 Å². The summed E-state index contributed by atoms with van der Waals surface area (Å²) >= 11 is 0. The van der Waals surface area contributed by atoms with Crippen LogP contribution in [0.15, 0.2) is 11.1 Å². The summed E-state index contributed by atoms with van der Waals surface area (Å²) in [4.78, 5) is 18.0. The molecule has 0 bridgehead atoms. The van der Waals surface area contributed by atoms with Crippen molar-refractivity contribution >= 4 is 5.82 Å². The highest BCUT2D eigenvalue weighted by atomic mass is 16.5. The molecule has 6 nitrogen and oxygen atoms in total. The highest BCUT2D eigenvalue weighted by molar-refractivity contribution is 5.48. The number of nitrogens with one attached hydrogen (secondary N) is 2. The van der Waals surface area contributed by atoms with Crippen molar-refractivity contribution in [1.82, 2.24) is 9.97 Å². The van der Waals surface area contributed by atoms with E-state index in [1.54, 1.807) is 0 Å². The van der Waals surface area contributed by atoms with Crippen LogP contribution in [0.1, 0.15) is 25.7 Å². The van der Waals surface area contributed by atoms with E-state index in [2.05, 4.69) is 15.3 Å². The number of nitrogens with zero attached hydrogens (tertiary/aromatic N) is 1. The maximum absolute atomic E-state index is 11.5. The highest BCUT2D eigenvalue weighted by Crippen LogP contribution is 2.24. The van der Waals surface area contributed by atoms with Gasteiger partial charge >= 0.3 is 0 Å². The van der Waals surface area contributed by atoms with Crippen molar-refractivity contribution in [3.05, 3.63) is 16.7 Å². The Morgan fingerprint density at radius 1 is 1.53 bits per heavy atom. The maximum Gasteiger partial charge on any atom is 0.295 e. The van der Waals surface area contributed by atoms with Crippen LogP contribution in [0.2, 0.25) is 0 Å². The zero-order chi connectivity index (χ0) is 12.3. The largest absolute Gasteiger partial charge is 0.489 e. The first-order valence-electron chi connectivity index (χ1n) is 5.78. The predicted molar refractivity (Wildman–Crippen MR) is 63.3 cm³/mol. The monoisotopic (exact) mass is 239 g/mol. The third-order valence-corrected chi connectivity index (χ3v) is 3.07. The summed E-state index contributed by atoms with van der Waals surface area (Å²) in [5.41, 5.74) is -0.324. The lowest BCUT2D eigenvalue weighted by Crippen LogP contribution is -2.37. The van der Waals surface area contributed by atoms with Gasteiger partial charge in [0.2, 0.25) is 5.75 Å². The fraction of sp³-hybridized carbons (Fsp3) is 0.636. The van der Waals surface area contributed by atoms with Crippen LogP contribution in [0, 0.1) is 0 Å². The van der Waals surface area contributed by atoms with E-state index in [9.17, 15) is 9.90 Å². The van der Waals surface area contributed by atoms with E-state index in [0.717, 1.165) is 25.7 Å². The maximum atomic E-state index is 11.5. The Labute approximate surface area is 99.0 Å². The first-order valence-corrected chi connectivity index (χ1v) is 5.78. The standard InChI is InChI=1S/C11H17N3O3/c1-17-9-10(12-6-13-11(9)16)14-7-4-2-3-5-8(7)15/h6-8,15H,2-5H2,1H3,(H2,12,13,14,16). The lowest BCUT2D eigenvalue weighted by atomic mass is 9.92. The van der Waals surface area contributed by atoms with Gasteiger partial charge in [-0.2, -0.15) is 0 Å². The molecule has 1 heterocycles. The van der Waals surface area contributed by atoms with Crippen LogP contribution >= 0.6 is 0 Å². The average Bonchev–Trinajstić information content (AvgIpc) is 2.32. The number of rotatable bonds is 3. The molecule has 0 amide bonds. The van der Waals surface area contributed by atoms with E-state index in [-0.39, 0.29) is 17.4 Å². The summed E-state index contributed by atoms with van der Waals surface area (Å²) in [7, 11) is 1.43. The van der Waals surface area contributed by atoms with Gasteiger partial charge in [0.05, 0.1) is 25.6 Å². The molecule has 0 radical (unpaired) electrons. The molecule has 1 aliphatic rings. The van der Waals surface area contributed by atoms with Gasteiger partial charge in [0.15, 0.2) is 5.82 Å². The molecule has 1 saturated carbocycles. The molecule has 2 rings (SSSR count). The van der Waals surface area contributed by atoms with Crippen molar-refractivity contribution < 1.29 is 9.84 Å². The lowest BCUT2D eigenvalue weighted by molar-refractivity contribution is 0.116. The topological polar surface area (TPSA) is 87.2 Å². The van der Waals surface area contributed by atoms with Crippen LogP contribution < -0.4 is 15.6 Å². The van der Waals surface area contributed by atoms with Gasteiger partial charge < -0.3 is 20.1 Å². The fourth-order valence-corrected chi connectivity index (χ4v) is 2.13. The molecule has 1 aromatic rings. The lowest BCUT2D eigenvalue weighted by Gasteiger charge is -2.28. The molecule has 1 aliphatic carbocycles. The summed E-state index contributed by atoms with van der Waals surface area (Å²) in [6.07, 6.45) is 4.69. The molecule has 2 atom stereocenters. The third kappa shape index (κ3) is 2.58. The molecule has 3 N–H and O–H groups in total. The number of hydrogen-bond acceptors (Lipinski definition) is 5. The summed E-state index contributed by atoms with van der Waals surface area (Å²) in [6.45, 7) is 0. The average molecular weight is 239 g/mol. The number of methoxy groups -OCH3 is 1. The van der Waals surface area contributed by atoms with Gasteiger partial charge in [-0.25, -0.2) is 4.98 Å². The molecule has 1 aromatic heterocycles. The van der Waals surface area contributed by atoms with Crippen molar-refractivity contribution in [3.63, 3.8) is 0 Å². The highest BCUT2D eigenvalue weighted by Gasteiger charge is 2.24. The van der Waals surface area contributed by atoms with Gasteiger partial charge in [0, 0.05) is 0 Å². The van der Waals surface area contributed by atoms with E-state index < -0.39 is 6.10 Å². The number of aromatic nitrogens is 2. The quantitative estimate of drug-likeness (QED) is 0.714. The molecule has 0 aliphatic heterocycles. The number of anilines is 1. The van der Waals surface area contributed by atoms with Crippen molar-refractivity contribution in [2.45, 2.75) is 37.8 Å².